The molecular formula is C28H46N4O3S6. The Labute approximate surface area is 271 Å². The van der Waals surface area contributed by atoms with Gasteiger partial charge in [-0.05, 0) is 66.8 Å². The van der Waals surface area contributed by atoms with Crippen molar-refractivity contribution in [3.05, 3.63) is 35.9 Å². The number of rotatable bonds is 25. The molecule has 0 amide bonds. The Kier molecular flexibility index (Phi) is 27.9. The molecule has 0 saturated heterocycles. The zero-order chi connectivity index (χ0) is 29.6. The molecule has 7 nitrogen and oxygen atoms in total. The number of carbonyl (C=O) groups excluding carboxylic acids is 1. The summed E-state index contributed by atoms with van der Waals surface area (Å²) in [5.74, 6) is 3.07. The molecule has 0 unspecified atom stereocenters. The number of ether oxygens (including phenoxy) is 2. The van der Waals surface area contributed by atoms with Crippen molar-refractivity contribution in [1.29, 1.82) is 5.41 Å². The first-order chi connectivity index (χ1) is 20.2. The molecule has 2 aromatic rings. The van der Waals surface area contributed by atoms with Gasteiger partial charge < -0.3 is 20.2 Å². The number of esters is 1. The molecule has 2 N–H and O–H groups in total. The van der Waals surface area contributed by atoms with E-state index in [-0.39, 0.29) is 5.97 Å². The summed E-state index contributed by atoms with van der Waals surface area (Å²) < 4.78 is 12.5. The molecule has 0 spiro atoms. The van der Waals surface area contributed by atoms with E-state index >= 15 is 0 Å². The topological polar surface area (TPSA) is 97.2 Å². The predicted molar refractivity (Wildman–Crippen MR) is 186 cm³/mol. The van der Waals surface area contributed by atoms with Crippen LogP contribution in [-0.2, 0) is 20.0 Å². The maximum absolute atomic E-state index is 11.3. The van der Waals surface area contributed by atoms with E-state index in [1.54, 1.807) is 44.7 Å². The lowest BCUT2D eigenvalue weighted by molar-refractivity contribution is -0.143. The quantitative estimate of drug-likeness (QED) is 0.0263. The molecule has 0 aliphatic heterocycles. The van der Waals surface area contributed by atoms with E-state index in [0.717, 1.165) is 58.4 Å². The number of benzene rings is 1. The van der Waals surface area contributed by atoms with Crippen molar-refractivity contribution in [3.8, 4) is 0 Å². The fourth-order valence-electron chi connectivity index (χ4n) is 3.15. The Morgan fingerprint density at radius 2 is 1.63 bits per heavy atom. The van der Waals surface area contributed by atoms with Gasteiger partial charge in [-0.2, -0.15) is 0 Å². The highest BCUT2D eigenvalue weighted by Gasteiger charge is 2.06. The van der Waals surface area contributed by atoms with Crippen LogP contribution in [0.3, 0.4) is 0 Å². The largest absolute Gasteiger partial charge is 0.466 e. The van der Waals surface area contributed by atoms with Crippen LogP contribution < -0.4 is 5.32 Å². The minimum atomic E-state index is -0.111. The van der Waals surface area contributed by atoms with Crippen LogP contribution in [0.2, 0.25) is 0 Å². The van der Waals surface area contributed by atoms with E-state index in [4.69, 9.17) is 14.9 Å². The third-order valence-corrected chi connectivity index (χ3v) is 12.0. The summed E-state index contributed by atoms with van der Waals surface area (Å²) in [5.41, 5.74) is 2.69. The summed E-state index contributed by atoms with van der Waals surface area (Å²) in [6.07, 6.45) is 9.84. The molecule has 0 bridgehead atoms. The van der Waals surface area contributed by atoms with Gasteiger partial charge in [-0.25, -0.2) is 0 Å². The first-order valence-electron chi connectivity index (χ1n) is 14.1. The first-order valence-corrected chi connectivity index (χ1v) is 20.6. The van der Waals surface area contributed by atoms with Crippen molar-refractivity contribution < 1.29 is 14.3 Å². The molecule has 1 aromatic heterocycles. The van der Waals surface area contributed by atoms with Crippen molar-refractivity contribution in [3.63, 3.8) is 0 Å². The van der Waals surface area contributed by atoms with Crippen LogP contribution in [0.5, 0.6) is 0 Å². The van der Waals surface area contributed by atoms with Crippen LogP contribution in [0.25, 0.3) is 0 Å². The van der Waals surface area contributed by atoms with E-state index in [0.29, 0.717) is 19.6 Å². The molecule has 0 fully saturated rings. The summed E-state index contributed by atoms with van der Waals surface area (Å²) in [6, 6.07) is 10.4. The maximum atomic E-state index is 11.3. The van der Waals surface area contributed by atoms with E-state index < -0.39 is 0 Å². The van der Waals surface area contributed by atoms with Gasteiger partial charge in [-0.15, -0.1) is 10.2 Å². The van der Waals surface area contributed by atoms with Gasteiger partial charge in [-0.3, -0.25) is 4.79 Å². The van der Waals surface area contributed by atoms with Crippen molar-refractivity contribution >= 4 is 77.8 Å². The number of unbranched alkanes of at least 4 members (excludes halogenated alkanes) is 6. The van der Waals surface area contributed by atoms with Gasteiger partial charge in [0.25, 0.3) is 0 Å². The third-order valence-electron chi connectivity index (χ3n) is 5.27. The molecule has 0 aliphatic carbocycles. The SMILES string of the molecule is CCOCCCCCCSSC=N.CNCCC(=O)OCCCCCCSSc1nnc(SCc2ccccc2)s1. The predicted octanol–water partition coefficient (Wildman–Crippen LogP) is 8.86. The zero-order valence-electron chi connectivity index (χ0n) is 24.3. The highest BCUT2D eigenvalue weighted by Crippen LogP contribution is 2.37. The Hall–Kier alpha value is -0.410. The minimum Gasteiger partial charge on any atom is -0.466 e. The smallest absolute Gasteiger partial charge is 0.307 e. The third kappa shape index (κ3) is 24.7. The average molecular weight is 679 g/mol. The second-order valence-corrected chi connectivity index (χ2v) is 15.9. The van der Waals surface area contributed by atoms with Gasteiger partial charge >= 0.3 is 5.97 Å². The number of nitrogens with zero attached hydrogens (tertiary/aromatic N) is 2. The molecular weight excluding hydrogens is 633 g/mol. The summed E-state index contributed by atoms with van der Waals surface area (Å²) in [5, 5.41) is 18.3. The minimum absolute atomic E-state index is 0.111. The summed E-state index contributed by atoms with van der Waals surface area (Å²) >= 11 is 3.40. The Balaban J connectivity index is 0.000000545. The van der Waals surface area contributed by atoms with Gasteiger partial charge in [0.05, 0.1) is 18.6 Å². The first kappa shape index (κ1) is 38.6. The van der Waals surface area contributed by atoms with Crippen LogP contribution in [0.15, 0.2) is 39.0 Å². The van der Waals surface area contributed by atoms with Crippen LogP contribution >= 0.6 is 66.3 Å². The Bertz CT molecular complexity index is 880. The van der Waals surface area contributed by atoms with E-state index in [9.17, 15) is 4.79 Å². The van der Waals surface area contributed by atoms with Crippen molar-refractivity contribution in [2.45, 2.75) is 79.1 Å². The molecule has 0 radical (unpaired) electrons. The number of carbonyl (C=O) groups is 1. The fraction of sp³-hybridized carbons (Fsp3) is 0.643. The Morgan fingerprint density at radius 3 is 2.34 bits per heavy atom. The fourth-order valence-corrected chi connectivity index (χ4v) is 8.88. The molecule has 1 aromatic carbocycles. The van der Waals surface area contributed by atoms with Gasteiger partial charge in [0.2, 0.25) is 0 Å². The summed E-state index contributed by atoms with van der Waals surface area (Å²) in [7, 11) is 8.66. The van der Waals surface area contributed by atoms with Crippen LogP contribution in [0.4, 0.5) is 0 Å². The lowest BCUT2D eigenvalue weighted by Crippen LogP contribution is -2.15. The number of thioether (sulfide) groups is 1. The van der Waals surface area contributed by atoms with E-state index in [2.05, 4.69) is 39.8 Å². The molecule has 0 saturated carbocycles. The molecule has 13 heteroatoms. The number of hydrogen-bond acceptors (Lipinski definition) is 13. The number of aromatic nitrogens is 2. The lowest BCUT2D eigenvalue weighted by Gasteiger charge is -2.04. The highest BCUT2D eigenvalue weighted by molar-refractivity contribution is 8.81. The molecule has 0 atom stereocenters. The van der Waals surface area contributed by atoms with Crippen molar-refractivity contribution in [1.82, 2.24) is 15.5 Å². The second kappa shape index (κ2) is 29.7. The number of nitrogens with one attached hydrogen (secondary N) is 2. The lowest BCUT2D eigenvalue weighted by atomic mass is 10.2. The second-order valence-electron chi connectivity index (χ2n) is 8.65. The molecule has 1 heterocycles. The van der Waals surface area contributed by atoms with Crippen LogP contribution in [0, 0.1) is 5.41 Å². The van der Waals surface area contributed by atoms with Gasteiger partial charge in [0.1, 0.15) is 0 Å². The monoisotopic (exact) mass is 678 g/mol. The summed E-state index contributed by atoms with van der Waals surface area (Å²) in [6.45, 7) is 5.00. The average Bonchev–Trinajstić information content (AvgIpc) is 3.46. The van der Waals surface area contributed by atoms with Crippen molar-refractivity contribution in [2.75, 3.05) is 44.9 Å². The molecule has 41 heavy (non-hydrogen) atoms. The van der Waals surface area contributed by atoms with Gasteiger partial charge in [0.15, 0.2) is 8.68 Å². The standard InChI is InChI=1S/C19H27N3O2S4.C9H19NOS2/c1-20-12-11-17(23)24-13-7-2-3-8-14-26-28-19-22-21-18(27-19)25-15-16-9-5-4-6-10-16;1-2-11-7-5-3-4-6-8-12-13-9-10/h4-6,9-10,20H,2-3,7-8,11-15H2,1H3;9-10H,2-8H2,1H3. The molecule has 0 aliphatic rings. The maximum Gasteiger partial charge on any atom is 0.307 e. The highest BCUT2D eigenvalue weighted by atomic mass is 33.1. The normalized spacial score (nSPS) is 10.7. The van der Waals surface area contributed by atoms with Crippen LogP contribution in [0.1, 0.15) is 70.3 Å². The van der Waals surface area contributed by atoms with Gasteiger partial charge in [0, 0.05) is 37.0 Å². The Morgan fingerprint density at radius 1 is 0.951 bits per heavy atom. The number of hydrogen-bond donors (Lipinski definition) is 2. The van der Waals surface area contributed by atoms with Gasteiger partial charge in [-0.1, -0.05) is 101 Å². The van der Waals surface area contributed by atoms with E-state index in [1.807, 2.05) is 30.8 Å². The van der Waals surface area contributed by atoms with Crippen LogP contribution in [-0.4, -0.2) is 66.6 Å². The molecule has 232 valence electrons. The molecule has 2 rings (SSSR count). The van der Waals surface area contributed by atoms with E-state index in [1.165, 1.54) is 54.0 Å². The zero-order valence-corrected chi connectivity index (χ0v) is 29.2. The van der Waals surface area contributed by atoms with Crippen molar-refractivity contribution in [2.24, 2.45) is 0 Å². The summed E-state index contributed by atoms with van der Waals surface area (Å²) in [4.78, 5) is 11.3.